The largest absolute Gasteiger partial charge is 0.389 e. The van der Waals surface area contributed by atoms with E-state index < -0.39 is 17.5 Å². The van der Waals surface area contributed by atoms with Crippen LogP contribution in [0, 0.1) is 17.0 Å². The molecule has 4 nitrogen and oxygen atoms in total. The molecule has 0 aliphatic carbocycles. The molecule has 7 heteroatoms. The number of benzene rings is 1. The topological polar surface area (TPSA) is 55.2 Å². The van der Waals surface area contributed by atoms with Gasteiger partial charge in [-0.05, 0) is 18.9 Å². The van der Waals surface area contributed by atoms with E-state index in [1.165, 1.54) is 12.1 Å². The highest BCUT2D eigenvalue weighted by Crippen LogP contribution is 2.23. The Morgan fingerprint density at radius 1 is 1.39 bits per heavy atom. The van der Waals surface area contributed by atoms with Gasteiger partial charge in [-0.3, -0.25) is 10.1 Å². The van der Waals surface area contributed by atoms with Crippen molar-refractivity contribution in [2.45, 2.75) is 25.9 Å². The lowest BCUT2D eigenvalue weighted by atomic mass is 10.1. The first-order valence-corrected chi connectivity index (χ1v) is 5.35. The van der Waals surface area contributed by atoms with Crippen LogP contribution in [0.1, 0.15) is 18.4 Å². The van der Waals surface area contributed by atoms with E-state index >= 15 is 0 Å². The summed E-state index contributed by atoms with van der Waals surface area (Å²) in [5, 5.41) is 13.3. The first kappa shape index (κ1) is 14.3. The van der Waals surface area contributed by atoms with Gasteiger partial charge in [-0.1, -0.05) is 6.07 Å². The van der Waals surface area contributed by atoms with Crippen LogP contribution in [0.25, 0.3) is 0 Å². The number of anilines is 1. The minimum absolute atomic E-state index is 0.0639. The highest BCUT2D eigenvalue weighted by Gasteiger charge is 2.25. The fraction of sp³-hybridized carbons (Fsp3) is 0.455. The average molecular weight is 262 g/mol. The van der Waals surface area contributed by atoms with Crippen molar-refractivity contribution in [2.24, 2.45) is 0 Å². The smallest absolute Gasteiger partial charge is 0.385 e. The molecule has 0 unspecified atom stereocenters. The molecular formula is C11H13F3N2O2. The molecule has 0 aliphatic heterocycles. The van der Waals surface area contributed by atoms with Crippen molar-refractivity contribution >= 4 is 11.4 Å². The predicted octanol–water partition coefficient (Wildman–Crippen LogP) is 3.66. The number of non-ortho nitro benzene ring substituents is 1. The van der Waals surface area contributed by atoms with Crippen molar-refractivity contribution in [1.82, 2.24) is 0 Å². The normalized spacial score (nSPS) is 11.3. The van der Waals surface area contributed by atoms with E-state index in [1.807, 2.05) is 0 Å². The molecular weight excluding hydrogens is 249 g/mol. The number of rotatable bonds is 5. The molecule has 0 heterocycles. The Labute approximate surface area is 102 Å². The predicted molar refractivity (Wildman–Crippen MR) is 61.6 cm³/mol. The Morgan fingerprint density at radius 2 is 2.06 bits per heavy atom. The van der Waals surface area contributed by atoms with Crippen LogP contribution in [0.4, 0.5) is 24.5 Å². The summed E-state index contributed by atoms with van der Waals surface area (Å²) in [5.41, 5.74) is 1.16. The van der Waals surface area contributed by atoms with Gasteiger partial charge in [0.2, 0.25) is 0 Å². The van der Waals surface area contributed by atoms with E-state index in [0.717, 1.165) is 5.56 Å². The number of hydrogen-bond donors (Lipinski definition) is 1. The third kappa shape index (κ3) is 4.60. The van der Waals surface area contributed by atoms with Crippen LogP contribution in [-0.4, -0.2) is 17.6 Å². The van der Waals surface area contributed by atoms with Crippen LogP contribution in [0.3, 0.4) is 0 Å². The number of nitrogens with one attached hydrogen (secondary N) is 1. The second kappa shape index (κ2) is 5.70. The number of nitrogens with zero attached hydrogens (tertiary/aromatic N) is 1. The zero-order valence-corrected chi connectivity index (χ0v) is 9.75. The summed E-state index contributed by atoms with van der Waals surface area (Å²) in [6.45, 7) is 1.86. The maximum atomic E-state index is 11.9. The second-order valence-electron chi connectivity index (χ2n) is 3.90. The molecule has 1 rings (SSSR count). The molecule has 100 valence electrons. The summed E-state index contributed by atoms with van der Waals surface area (Å²) in [6, 6.07) is 4.24. The van der Waals surface area contributed by atoms with E-state index in [2.05, 4.69) is 5.32 Å². The Hall–Kier alpha value is -1.79. The molecule has 0 bridgehead atoms. The van der Waals surface area contributed by atoms with Crippen molar-refractivity contribution in [3.8, 4) is 0 Å². The van der Waals surface area contributed by atoms with E-state index in [0.29, 0.717) is 5.69 Å². The molecule has 1 aromatic rings. The van der Waals surface area contributed by atoms with Gasteiger partial charge in [-0.15, -0.1) is 0 Å². The summed E-state index contributed by atoms with van der Waals surface area (Å²) in [6.07, 6.45) is -5.10. The molecule has 0 radical (unpaired) electrons. The first-order valence-electron chi connectivity index (χ1n) is 5.35. The van der Waals surface area contributed by atoms with Gasteiger partial charge in [0.15, 0.2) is 0 Å². The van der Waals surface area contributed by atoms with Gasteiger partial charge >= 0.3 is 6.18 Å². The summed E-state index contributed by atoms with van der Waals surface area (Å²) in [7, 11) is 0. The first-order chi connectivity index (χ1) is 8.29. The number of nitro groups is 1. The lowest BCUT2D eigenvalue weighted by Crippen LogP contribution is -2.11. The van der Waals surface area contributed by atoms with Gasteiger partial charge < -0.3 is 5.32 Å². The minimum atomic E-state index is -4.17. The van der Waals surface area contributed by atoms with Crippen molar-refractivity contribution in [1.29, 1.82) is 0 Å². The number of nitro benzene ring substituents is 1. The third-order valence-electron chi connectivity index (χ3n) is 2.38. The van der Waals surface area contributed by atoms with Crippen LogP contribution in [0.15, 0.2) is 18.2 Å². The Kier molecular flexibility index (Phi) is 4.52. The second-order valence-corrected chi connectivity index (χ2v) is 3.90. The van der Waals surface area contributed by atoms with Crippen molar-refractivity contribution < 1.29 is 18.1 Å². The van der Waals surface area contributed by atoms with E-state index in [1.54, 1.807) is 13.0 Å². The molecule has 0 aliphatic rings. The van der Waals surface area contributed by atoms with Gasteiger partial charge in [0.25, 0.3) is 5.69 Å². The highest BCUT2D eigenvalue weighted by atomic mass is 19.4. The third-order valence-corrected chi connectivity index (χ3v) is 2.38. The van der Waals surface area contributed by atoms with Crippen LogP contribution < -0.4 is 5.32 Å². The molecule has 0 atom stereocenters. The molecule has 1 aromatic carbocycles. The van der Waals surface area contributed by atoms with Crippen molar-refractivity contribution in [3.63, 3.8) is 0 Å². The van der Waals surface area contributed by atoms with Crippen molar-refractivity contribution in [2.75, 3.05) is 11.9 Å². The number of halogens is 3. The van der Waals surface area contributed by atoms with Crippen LogP contribution >= 0.6 is 0 Å². The Balaban J connectivity index is 2.56. The van der Waals surface area contributed by atoms with Crippen LogP contribution in [0.2, 0.25) is 0 Å². The quantitative estimate of drug-likeness (QED) is 0.500. The van der Waals surface area contributed by atoms with Gasteiger partial charge in [0.05, 0.1) is 4.92 Å². The lowest BCUT2D eigenvalue weighted by Gasteiger charge is -2.10. The molecule has 0 aromatic heterocycles. The molecule has 0 saturated heterocycles. The van der Waals surface area contributed by atoms with Gasteiger partial charge in [0, 0.05) is 30.8 Å². The van der Waals surface area contributed by atoms with Gasteiger partial charge in [-0.25, -0.2) is 0 Å². The molecule has 18 heavy (non-hydrogen) atoms. The highest BCUT2D eigenvalue weighted by molar-refractivity contribution is 5.56. The monoisotopic (exact) mass is 262 g/mol. The van der Waals surface area contributed by atoms with Crippen LogP contribution in [0.5, 0.6) is 0 Å². The fourth-order valence-corrected chi connectivity index (χ4v) is 1.43. The molecule has 0 amide bonds. The molecule has 1 N–H and O–H groups in total. The van der Waals surface area contributed by atoms with E-state index in [4.69, 9.17) is 0 Å². The van der Waals surface area contributed by atoms with Crippen molar-refractivity contribution in [3.05, 3.63) is 33.9 Å². The lowest BCUT2D eigenvalue weighted by molar-refractivity contribution is -0.384. The van der Waals surface area contributed by atoms with Gasteiger partial charge in [0.1, 0.15) is 0 Å². The Bertz CT molecular complexity index is 433. The van der Waals surface area contributed by atoms with Crippen LogP contribution in [-0.2, 0) is 0 Å². The summed E-state index contributed by atoms with van der Waals surface area (Å²) in [5.74, 6) is 0. The SMILES string of the molecule is Cc1ccc([N+](=O)[O-])cc1NCCCC(F)(F)F. The number of hydrogen-bond acceptors (Lipinski definition) is 3. The maximum Gasteiger partial charge on any atom is 0.389 e. The molecule has 0 saturated carbocycles. The maximum absolute atomic E-state index is 11.9. The average Bonchev–Trinajstić information content (AvgIpc) is 2.24. The zero-order chi connectivity index (χ0) is 13.8. The number of aryl methyl sites for hydroxylation is 1. The fourth-order valence-electron chi connectivity index (χ4n) is 1.43. The minimum Gasteiger partial charge on any atom is -0.385 e. The Morgan fingerprint density at radius 3 is 2.61 bits per heavy atom. The van der Waals surface area contributed by atoms with E-state index in [9.17, 15) is 23.3 Å². The molecule has 0 spiro atoms. The molecule has 0 fully saturated rings. The van der Waals surface area contributed by atoms with E-state index in [-0.39, 0.29) is 18.7 Å². The van der Waals surface area contributed by atoms with Gasteiger partial charge in [-0.2, -0.15) is 13.2 Å². The summed E-state index contributed by atoms with van der Waals surface area (Å²) in [4.78, 5) is 10.0. The zero-order valence-electron chi connectivity index (χ0n) is 9.75. The summed E-state index contributed by atoms with van der Waals surface area (Å²) < 4.78 is 35.7. The summed E-state index contributed by atoms with van der Waals surface area (Å²) >= 11 is 0. The number of alkyl halides is 3. The standard InChI is InChI=1S/C11H13F3N2O2/c1-8-3-4-9(16(17)18)7-10(8)15-6-2-5-11(12,13)14/h3-4,7,15H,2,5-6H2,1H3.